The standard InChI is InChI=1S/C16H22ClN3OS/c17-14-8-6-12(7-9-14)10-11-18-16(22)20-19-15(21)13-4-2-1-3-5-13/h6-9,13H,1-5,10-11H2,(H,19,21)(H2,18,20,22). The van der Waals surface area contributed by atoms with Gasteiger partial charge in [0.15, 0.2) is 5.11 Å². The second-order valence-corrected chi connectivity index (χ2v) is 6.43. The SMILES string of the molecule is O=C(NNC(=S)NCCc1ccc(Cl)cc1)C1CCCCC1. The number of hydrazine groups is 1. The summed E-state index contributed by atoms with van der Waals surface area (Å²) in [5.74, 6) is 0.166. The second-order valence-electron chi connectivity index (χ2n) is 5.58. The molecule has 6 heteroatoms. The predicted octanol–water partition coefficient (Wildman–Crippen LogP) is 2.96. The van der Waals surface area contributed by atoms with Crippen LogP contribution < -0.4 is 16.2 Å². The largest absolute Gasteiger partial charge is 0.361 e. The van der Waals surface area contributed by atoms with Crippen molar-refractivity contribution in [1.82, 2.24) is 16.2 Å². The number of nitrogens with one attached hydrogen (secondary N) is 3. The van der Waals surface area contributed by atoms with Crippen LogP contribution in [-0.2, 0) is 11.2 Å². The summed E-state index contributed by atoms with van der Waals surface area (Å²) >= 11 is 11.0. The first-order chi connectivity index (χ1) is 10.6. The van der Waals surface area contributed by atoms with E-state index in [0.717, 1.165) is 37.1 Å². The van der Waals surface area contributed by atoms with Crippen molar-refractivity contribution < 1.29 is 4.79 Å². The summed E-state index contributed by atoms with van der Waals surface area (Å²) in [4.78, 5) is 12.0. The number of hydrogen-bond donors (Lipinski definition) is 3. The Balaban J connectivity index is 1.61. The molecule has 0 aromatic heterocycles. The molecular weight excluding hydrogens is 318 g/mol. The average Bonchev–Trinajstić information content (AvgIpc) is 2.55. The van der Waals surface area contributed by atoms with Crippen molar-refractivity contribution in [3.63, 3.8) is 0 Å². The Labute approximate surface area is 142 Å². The van der Waals surface area contributed by atoms with Crippen LogP contribution in [-0.4, -0.2) is 17.6 Å². The van der Waals surface area contributed by atoms with E-state index in [1.165, 1.54) is 12.0 Å². The van der Waals surface area contributed by atoms with E-state index in [4.69, 9.17) is 23.8 Å². The number of carbonyl (C=O) groups excluding carboxylic acids is 1. The Hall–Kier alpha value is -1.33. The summed E-state index contributed by atoms with van der Waals surface area (Å²) in [6, 6.07) is 7.73. The Bertz CT molecular complexity index is 501. The average molecular weight is 340 g/mol. The second kappa shape index (κ2) is 8.96. The van der Waals surface area contributed by atoms with Crippen LogP contribution in [0.3, 0.4) is 0 Å². The Morgan fingerprint density at radius 3 is 2.50 bits per heavy atom. The maximum absolute atomic E-state index is 12.0. The van der Waals surface area contributed by atoms with Gasteiger partial charge in [0.25, 0.3) is 0 Å². The van der Waals surface area contributed by atoms with Gasteiger partial charge in [-0.1, -0.05) is 43.0 Å². The molecular formula is C16H22ClN3OS. The molecule has 1 aliphatic carbocycles. The van der Waals surface area contributed by atoms with Gasteiger partial charge >= 0.3 is 0 Å². The molecule has 1 aliphatic rings. The first kappa shape index (κ1) is 17.0. The topological polar surface area (TPSA) is 53.2 Å². The van der Waals surface area contributed by atoms with Crippen molar-refractivity contribution in [2.24, 2.45) is 5.92 Å². The van der Waals surface area contributed by atoms with E-state index in [9.17, 15) is 4.79 Å². The molecule has 3 N–H and O–H groups in total. The minimum atomic E-state index is 0.0431. The molecule has 0 saturated heterocycles. The third-order valence-electron chi connectivity index (χ3n) is 3.89. The van der Waals surface area contributed by atoms with E-state index in [1.54, 1.807) is 0 Å². The highest BCUT2D eigenvalue weighted by atomic mass is 35.5. The molecule has 120 valence electrons. The highest BCUT2D eigenvalue weighted by Gasteiger charge is 2.20. The molecule has 1 amide bonds. The summed E-state index contributed by atoms with van der Waals surface area (Å²) in [5.41, 5.74) is 6.66. The smallest absolute Gasteiger partial charge is 0.241 e. The summed E-state index contributed by atoms with van der Waals surface area (Å²) in [5, 5.41) is 4.25. The zero-order valence-corrected chi connectivity index (χ0v) is 14.1. The number of benzene rings is 1. The van der Waals surface area contributed by atoms with Gasteiger partial charge in [-0.05, 0) is 49.2 Å². The maximum Gasteiger partial charge on any atom is 0.241 e. The molecule has 0 aliphatic heterocycles. The van der Waals surface area contributed by atoms with Crippen LogP contribution in [0.5, 0.6) is 0 Å². The van der Waals surface area contributed by atoms with E-state index in [-0.39, 0.29) is 11.8 Å². The lowest BCUT2D eigenvalue weighted by molar-refractivity contribution is -0.126. The zero-order chi connectivity index (χ0) is 15.8. The van der Waals surface area contributed by atoms with Crippen molar-refractivity contribution in [1.29, 1.82) is 0 Å². The molecule has 0 bridgehead atoms. The Morgan fingerprint density at radius 2 is 1.82 bits per heavy atom. The van der Waals surface area contributed by atoms with Gasteiger partial charge in [0.1, 0.15) is 0 Å². The van der Waals surface area contributed by atoms with Gasteiger partial charge in [-0.3, -0.25) is 15.6 Å². The van der Waals surface area contributed by atoms with Gasteiger partial charge in [-0.15, -0.1) is 0 Å². The first-order valence-electron chi connectivity index (χ1n) is 7.73. The lowest BCUT2D eigenvalue weighted by Crippen LogP contribution is -2.49. The molecule has 0 unspecified atom stereocenters. The molecule has 0 radical (unpaired) electrons. The van der Waals surface area contributed by atoms with Gasteiger partial charge in [-0.2, -0.15) is 0 Å². The lowest BCUT2D eigenvalue weighted by atomic mass is 9.89. The molecule has 4 nitrogen and oxygen atoms in total. The summed E-state index contributed by atoms with van der Waals surface area (Å²) in [6.07, 6.45) is 6.32. The zero-order valence-electron chi connectivity index (χ0n) is 12.5. The van der Waals surface area contributed by atoms with Gasteiger partial charge < -0.3 is 5.32 Å². The lowest BCUT2D eigenvalue weighted by Gasteiger charge is -2.21. The van der Waals surface area contributed by atoms with Crippen LogP contribution in [0, 0.1) is 5.92 Å². The van der Waals surface area contributed by atoms with Crippen LogP contribution in [0.2, 0.25) is 5.02 Å². The van der Waals surface area contributed by atoms with Gasteiger partial charge in [0.05, 0.1) is 0 Å². The summed E-state index contributed by atoms with van der Waals surface area (Å²) in [6.45, 7) is 0.701. The fourth-order valence-electron chi connectivity index (χ4n) is 2.60. The highest BCUT2D eigenvalue weighted by molar-refractivity contribution is 7.80. The van der Waals surface area contributed by atoms with Gasteiger partial charge in [0.2, 0.25) is 5.91 Å². The third-order valence-corrected chi connectivity index (χ3v) is 4.39. The molecule has 0 atom stereocenters. The number of carbonyl (C=O) groups is 1. The molecule has 0 spiro atoms. The van der Waals surface area contributed by atoms with Crippen molar-refractivity contribution in [2.45, 2.75) is 38.5 Å². The molecule has 1 fully saturated rings. The molecule has 1 aromatic carbocycles. The van der Waals surface area contributed by atoms with E-state index >= 15 is 0 Å². The van der Waals surface area contributed by atoms with E-state index in [2.05, 4.69) is 16.2 Å². The maximum atomic E-state index is 12.0. The number of halogens is 1. The van der Waals surface area contributed by atoms with Crippen molar-refractivity contribution in [2.75, 3.05) is 6.54 Å². The molecule has 1 saturated carbocycles. The van der Waals surface area contributed by atoms with Gasteiger partial charge in [-0.25, -0.2) is 0 Å². The van der Waals surface area contributed by atoms with E-state index < -0.39 is 0 Å². The Kier molecular flexibility index (Phi) is 6.93. The van der Waals surface area contributed by atoms with Crippen molar-refractivity contribution in [3.05, 3.63) is 34.9 Å². The van der Waals surface area contributed by atoms with E-state index in [0.29, 0.717) is 11.7 Å². The number of rotatable bonds is 4. The molecule has 2 rings (SSSR count). The predicted molar refractivity (Wildman–Crippen MR) is 93.6 cm³/mol. The molecule has 22 heavy (non-hydrogen) atoms. The molecule has 1 aromatic rings. The summed E-state index contributed by atoms with van der Waals surface area (Å²) in [7, 11) is 0. The van der Waals surface area contributed by atoms with Crippen molar-refractivity contribution in [3.8, 4) is 0 Å². The number of thiocarbonyl (C=S) groups is 1. The monoisotopic (exact) mass is 339 g/mol. The van der Waals surface area contributed by atoms with Crippen LogP contribution in [0.4, 0.5) is 0 Å². The Morgan fingerprint density at radius 1 is 1.14 bits per heavy atom. The highest BCUT2D eigenvalue weighted by Crippen LogP contribution is 2.23. The number of hydrogen-bond acceptors (Lipinski definition) is 2. The minimum absolute atomic E-state index is 0.0431. The molecule has 0 heterocycles. The number of amides is 1. The van der Waals surface area contributed by atoms with Gasteiger partial charge in [0, 0.05) is 17.5 Å². The fraction of sp³-hybridized carbons (Fsp3) is 0.500. The van der Waals surface area contributed by atoms with Crippen LogP contribution in [0.15, 0.2) is 24.3 Å². The fourth-order valence-corrected chi connectivity index (χ4v) is 2.88. The van der Waals surface area contributed by atoms with Crippen molar-refractivity contribution >= 4 is 34.8 Å². The summed E-state index contributed by atoms with van der Waals surface area (Å²) < 4.78 is 0. The quantitative estimate of drug-likeness (QED) is 0.583. The third kappa shape index (κ3) is 5.81. The first-order valence-corrected chi connectivity index (χ1v) is 8.52. The van der Waals surface area contributed by atoms with Crippen LogP contribution >= 0.6 is 23.8 Å². The minimum Gasteiger partial charge on any atom is -0.361 e. The normalized spacial score (nSPS) is 15.1. The van der Waals surface area contributed by atoms with Crippen LogP contribution in [0.1, 0.15) is 37.7 Å². The van der Waals surface area contributed by atoms with Crippen LogP contribution in [0.25, 0.3) is 0 Å². The van der Waals surface area contributed by atoms with E-state index in [1.807, 2.05) is 24.3 Å².